The summed E-state index contributed by atoms with van der Waals surface area (Å²) in [6.07, 6.45) is -0.190. The van der Waals surface area contributed by atoms with E-state index in [2.05, 4.69) is 5.32 Å². The maximum Gasteiger partial charge on any atom is 0.407 e. The summed E-state index contributed by atoms with van der Waals surface area (Å²) in [7, 11) is 0. The van der Waals surface area contributed by atoms with Crippen molar-refractivity contribution in [2.75, 3.05) is 6.54 Å². The molecule has 0 aliphatic heterocycles. The minimum Gasteiger partial charge on any atom is -0.480 e. The van der Waals surface area contributed by atoms with E-state index in [1.54, 1.807) is 0 Å². The number of nitrogens with two attached hydrogens (primary N) is 1. The van der Waals surface area contributed by atoms with Crippen LogP contribution in [0.2, 0.25) is 0 Å². The number of aliphatic carboxylic acids is 1. The van der Waals surface area contributed by atoms with E-state index in [9.17, 15) is 9.59 Å². The first-order valence-electron chi connectivity index (χ1n) is 5.99. The molecule has 0 heterocycles. The number of rotatable bonds is 5. The average molecular weight is 264 g/mol. The smallest absolute Gasteiger partial charge is 0.407 e. The van der Waals surface area contributed by atoms with E-state index >= 15 is 0 Å². The van der Waals surface area contributed by atoms with Crippen molar-refractivity contribution >= 4 is 12.1 Å². The third-order valence-electron chi connectivity index (χ3n) is 3.26. The number of carbonyl (C=O) groups excluding carboxylic acids is 1. The van der Waals surface area contributed by atoms with Crippen LogP contribution in [0.15, 0.2) is 30.3 Å². The fourth-order valence-corrected chi connectivity index (χ4v) is 1.85. The monoisotopic (exact) mass is 264 g/mol. The van der Waals surface area contributed by atoms with E-state index < -0.39 is 17.6 Å². The molecule has 4 N–H and O–H groups in total. The summed E-state index contributed by atoms with van der Waals surface area (Å²) in [5.41, 5.74) is 5.30. The van der Waals surface area contributed by atoms with Crippen molar-refractivity contribution in [3.8, 4) is 0 Å². The summed E-state index contributed by atoms with van der Waals surface area (Å²) in [5.74, 6) is -1.26. The number of alkyl carbamates (subject to hydrolysis) is 1. The van der Waals surface area contributed by atoms with Crippen LogP contribution >= 0.6 is 0 Å². The summed E-state index contributed by atoms with van der Waals surface area (Å²) in [5, 5.41) is 11.4. The second kappa shape index (κ2) is 5.27. The number of hydrogen-bond acceptors (Lipinski definition) is 4. The maximum absolute atomic E-state index is 11.4. The Morgan fingerprint density at radius 1 is 1.42 bits per heavy atom. The van der Waals surface area contributed by atoms with Crippen LogP contribution in [0, 0.1) is 5.92 Å². The van der Waals surface area contributed by atoms with E-state index in [1.165, 1.54) is 0 Å². The third kappa shape index (κ3) is 3.23. The second-order valence-corrected chi connectivity index (χ2v) is 4.69. The molecule has 0 aromatic heterocycles. The van der Waals surface area contributed by atoms with Crippen LogP contribution in [0.5, 0.6) is 0 Å². The summed E-state index contributed by atoms with van der Waals surface area (Å²) in [4.78, 5) is 22.2. The molecule has 0 spiro atoms. The fourth-order valence-electron chi connectivity index (χ4n) is 1.85. The molecule has 6 heteroatoms. The van der Waals surface area contributed by atoms with Gasteiger partial charge in [0.2, 0.25) is 0 Å². The molecule has 6 nitrogen and oxygen atoms in total. The largest absolute Gasteiger partial charge is 0.480 e. The van der Waals surface area contributed by atoms with Crippen LogP contribution < -0.4 is 11.1 Å². The Morgan fingerprint density at radius 3 is 2.68 bits per heavy atom. The summed E-state index contributed by atoms with van der Waals surface area (Å²) in [6.45, 7) is 0.403. The van der Waals surface area contributed by atoms with Crippen molar-refractivity contribution in [3.63, 3.8) is 0 Å². The molecule has 2 rings (SSSR count). The van der Waals surface area contributed by atoms with Crippen molar-refractivity contribution in [2.45, 2.75) is 18.6 Å². The van der Waals surface area contributed by atoms with Gasteiger partial charge in [-0.3, -0.25) is 4.79 Å². The van der Waals surface area contributed by atoms with Crippen LogP contribution in [-0.4, -0.2) is 29.3 Å². The topological polar surface area (TPSA) is 102 Å². The molecule has 1 saturated carbocycles. The molecule has 1 aromatic carbocycles. The highest BCUT2D eigenvalue weighted by atomic mass is 16.5. The predicted octanol–water partition coefficient (Wildman–Crippen LogP) is 0.715. The van der Waals surface area contributed by atoms with Crippen molar-refractivity contribution < 1.29 is 19.4 Å². The van der Waals surface area contributed by atoms with Gasteiger partial charge in [-0.2, -0.15) is 0 Å². The Hall–Kier alpha value is -2.08. The van der Waals surface area contributed by atoms with Gasteiger partial charge in [-0.25, -0.2) is 4.79 Å². The number of carbonyl (C=O) groups is 2. The van der Waals surface area contributed by atoms with Crippen molar-refractivity contribution in [1.29, 1.82) is 0 Å². The summed E-state index contributed by atoms with van der Waals surface area (Å²) >= 11 is 0. The summed E-state index contributed by atoms with van der Waals surface area (Å²) in [6, 6.07) is 9.29. The highest BCUT2D eigenvalue weighted by Crippen LogP contribution is 2.40. The first-order chi connectivity index (χ1) is 9.02. The Morgan fingerprint density at radius 2 is 2.11 bits per heavy atom. The Kier molecular flexibility index (Phi) is 3.71. The van der Waals surface area contributed by atoms with Gasteiger partial charge in [-0.05, 0) is 12.0 Å². The normalized spacial score (nSPS) is 24.6. The molecular formula is C13H16N2O4. The Bertz CT molecular complexity index is 477. The molecule has 0 saturated heterocycles. The third-order valence-corrected chi connectivity index (χ3v) is 3.26. The van der Waals surface area contributed by atoms with E-state index in [4.69, 9.17) is 15.6 Å². The second-order valence-electron chi connectivity index (χ2n) is 4.69. The van der Waals surface area contributed by atoms with E-state index in [0.29, 0.717) is 6.42 Å². The molecule has 0 unspecified atom stereocenters. The molecule has 1 amide bonds. The molecule has 1 aromatic rings. The van der Waals surface area contributed by atoms with Gasteiger partial charge in [0.05, 0.1) is 0 Å². The Labute approximate surface area is 110 Å². The molecule has 1 aliphatic carbocycles. The van der Waals surface area contributed by atoms with Crippen LogP contribution in [0.1, 0.15) is 12.0 Å². The summed E-state index contributed by atoms with van der Waals surface area (Å²) < 4.78 is 5.00. The lowest BCUT2D eigenvalue weighted by Crippen LogP contribution is -2.38. The lowest BCUT2D eigenvalue weighted by Gasteiger charge is -2.08. The molecule has 1 fully saturated rings. The van der Waals surface area contributed by atoms with E-state index in [-0.39, 0.29) is 19.1 Å². The maximum atomic E-state index is 11.4. The molecule has 0 bridgehead atoms. The number of carboxylic acids is 1. The van der Waals surface area contributed by atoms with Gasteiger partial charge in [-0.15, -0.1) is 0 Å². The lowest BCUT2D eigenvalue weighted by atomic mass is 10.2. The SMILES string of the molecule is N[C@@]1(C(=O)O)C[C@H]1CNC(=O)OCc1ccccc1. The van der Waals surface area contributed by atoms with Crippen LogP contribution in [0.25, 0.3) is 0 Å². The number of ether oxygens (including phenoxy) is 1. The zero-order valence-electron chi connectivity index (χ0n) is 10.3. The molecule has 19 heavy (non-hydrogen) atoms. The molecule has 2 atom stereocenters. The highest BCUT2D eigenvalue weighted by Gasteiger charge is 2.57. The van der Waals surface area contributed by atoms with E-state index in [1.807, 2.05) is 30.3 Å². The Balaban J connectivity index is 1.68. The van der Waals surface area contributed by atoms with Gasteiger partial charge in [-0.1, -0.05) is 30.3 Å². The van der Waals surface area contributed by atoms with Gasteiger partial charge in [0.1, 0.15) is 12.1 Å². The molecule has 102 valence electrons. The molecule has 0 radical (unpaired) electrons. The minimum absolute atomic E-state index is 0.185. The standard InChI is InChI=1S/C13H16N2O4/c14-13(11(16)17)6-10(13)7-15-12(18)19-8-9-4-2-1-3-5-9/h1-5,10H,6-8,14H2,(H,15,18)(H,16,17)/t10-,13-/m0/s1. The highest BCUT2D eigenvalue weighted by molar-refractivity contribution is 5.83. The van der Waals surface area contributed by atoms with Crippen LogP contribution in [0.4, 0.5) is 4.79 Å². The molecule has 1 aliphatic rings. The minimum atomic E-state index is -1.19. The fraction of sp³-hybridized carbons (Fsp3) is 0.385. The number of amides is 1. The van der Waals surface area contributed by atoms with Crippen LogP contribution in [-0.2, 0) is 16.1 Å². The van der Waals surface area contributed by atoms with Gasteiger partial charge < -0.3 is 20.9 Å². The van der Waals surface area contributed by atoms with Gasteiger partial charge in [0.15, 0.2) is 0 Å². The average Bonchev–Trinajstić information content (AvgIpc) is 3.08. The van der Waals surface area contributed by atoms with Gasteiger partial charge in [0.25, 0.3) is 0 Å². The lowest BCUT2D eigenvalue weighted by molar-refractivity contribution is -0.140. The van der Waals surface area contributed by atoms with Crippen LogP contribution in [0.3, 0.4) is 0 Å². The predicted molar refractivity (Wildman–Crippen MR) is 67.3 cm³/mol. The number of benzene rings is 1. The zero-order valence-corrected chi connectivity index (χ0v) is 10.3. The number of nitrogens with one attached hydrogen (secondary N) is 1. The number of carboxylic acid groups (broad SMARTS) is 1. The van der Waals surface area contributed by atoms with E-state index in [0.717, 1.165) is 5.56 Å². The van der Waals surface area contributed by atoms with Crippen molar-refractivity contribution in [1.82, 2.24) is 5.32 Å². The van der Waals surface area contributed by atoms with Gasteiger partial charge >= 0.3 is 12.1 Å². The first-order valence-corrected chi connectivity index (χ1v) is 5.99. The number of hydrogen-bond donors (Lipinski definition) is 3. The quantitative estimate of drug-likeness (QED) is 0.727. The van der Waals surface area contributed by atoms with Gasteiger partial charge in [0, 0.05) is 12.5 Å². The zero-order chi connectivity index (χ0) is 13.9. The molecular weight excluding hydrogens is 248 g/mol. The van der Waals surface area contributed by atoms with Crippen molar-refractivity contribution in [3.05, 3.63) is 35.9 Å². The first kappa shape index (κ1) is 13.4. The van der Waals surface area contributed by atoms with Crippen molar-refractivity contribution in [2.24, 2.45) is 11.7 Å².